The predicted molar refractivity (Wildman–Crippen MR) is 149 cm³/mol. The van der Waals surface area contributed by atoms with Crippen LogP contribution in [0.25, 0.3) is 0 Å². The van der Waals surface area contributed by atoms with Gasteiger partial charge in [0.15, 0.2) is 0 Å². The molecular formula is C27H27Cl2N5O4S. The van der Waals surface area contributed by atoms with Gasteiger partial charge in [-0.15, -0.1) is 0 Å². The highest BCUT2D eigenvalue weighted by Gasteiger charge is 2.29. The molecule has 1 aromatic heterocycles. The number of carbonyl (C=O) groups excluding carboxylic acids is 1. The Morgan fingerprint density at radius 3 is 2.67 bits per heavy atom. The Hall–Kier alpha value is -3.20. The van der Waals surface area contributed by atoms with E-state index in [9.17, 15) is 18.3 Å². The molecule has 0 aliphatic carbocycles. The number of hydrogen-bond acceptors (Lipinski definition) is 7. The molecule has 2 N–H and O–H groups in total. The summed E-state index contributed by atoms with van der Waals surface area (Å²) in [5.74, 6) is -0.159. The summed E-state index contributed by atoms with van der Waals surface area (Å²) in [5, 5.41) is 19.7. The number of β-amino-alcohol motifs (C(OH)–C–C–N with tert-alkyl or cyclic N) is 1. The lowest BCUT2D eigenvalue weighted by atomic mass is 10.0. The Labute approximate surface area is 237 Å². The molecule has 1 saturated heterocycles. The molecule has 2 atom stereocenters. The summed E-state index contributed by atoms with van der Waals surface area (Å²) in [6.07, 6.45) is 1.44. The molecule has 0 radical (unpaired) electrons. The second kappa shape index (κ2) is 12.3. The van der Waals surface area contributed by atoms with E-state index in [1.54, 1.807) is 48.3 Å². The number of anilines is 1. The van der Waals surface area contributed by atoms with Gasteiger partial charge in [-0.25, -0.2) is 13.4 Å². The maximum atomic E-state index is 13.4. The van der Waals surface area contributed by atoms with Gasteiger partial charge >= 0.3 is 0 Å². The monoisotopic (exact) mass is 587 g/mol. The highest BCUT2D eigenvalue weighted by Crippen LogP contribution is 2.28. The number of aromatic nitrogens is 1. The van der Waals surface area contributed by atoms with Crippen molar-refractivity contribution in [2.45, 2.75) is 29.9 Å². The molecule has 1 aliphatic heterocycles. The summed E-state index contributed by atoms with van der Waals surface area (Å²) in [5.41, 5.74) is 1.86. The van der Waals surface area contributed by atoms with Gasteiger partial charge in [0.1, 0.15) is 16.7 Å². The second-order valence-electron chi connectivity index (χ2n) is 9.37. The van der Waals surface area contributed by atoms with E-state index >= 15 is 0 Å². The Morgan fingerprint density at radius 2 is 2.03 bits per heavy atom. The second-order valence-corrected chi connectivity index (χ2v) is 11.9. The van der Waals surface area contributed by atoms with Gasteiger partial charge in [-0.3, -0.25) is 14.4 Å². The van der Waals surface area contributed by atoms with Crippen molar-refractivity contribution in [3.63, 3.8) is 0 Å². The molecule has 39 heavy (non-hydrogen) atoms. The number of benzene rings is 2. The zero-order chi connectivity index (χ0) is 28.2. The van der Waals surface area contributed by atoms with Crippen molar-refractivity contribution in [3.05, 3.63) is 87.7 Å². The van der Waals surface area contributed by atoms with E-state index in [-0.39, 0.29) is 22.9 Å². The SMILES string of the molecule is CN(C(=O)Cc1ccc(Cl)c(Cl)c1)C(CN1CCC(O)C1)c1cccc(NS(=O)(=O)c2ccc(C#N)nc2)c1. The minimum Gasteiger partial charge on any atom is -0.392 e. The summed E-state index contributed by atoms with van der Waals surface area (Å²) in [6, 6.07) is 16.0. The van der Waals surface area contributed by atoms with Gasteiger partial charge in [-0.2, -0.15) is 5.26 Å². The lowest BCUT2D eigenvalue weighted by Gasteiger charge is -2.32. The number of nitriles is 1. The lowest BCUT2D eigenvalue weighted by Crippen LogP contribution is -2.39. The summed E-state index contributed by atoms with van der Waals surface area (Å²) in [6.45, 7) is 1.63. The fourth-order valence-electron chi connectivity index (χ4n) is 4.43. The highest BCUT2D eigenvalue weighted by atomic mass is 35.5. The van der Waals surface area contributed by atoms with E-state index in [2.05, 4.69) is 14.6 Å². The minimum atomic E-state index is -3.96. The maximum absolute atomic E-state index is 13.4. The molecule has 1 amide bonds. The molecule has 0 spiro atoms. The number of rotatable bonds is 9. The van der Waals surface area contributed by atoms with Crippen molar-refractivity contribution in [2.75, 3.05) is 31.4 Å². The van der Waals surface area contributed by atoms with Crippen LogP contribution in [0.4, 0.5) is 5.69 Å². The molecule has 2 heterocycles. The van der Waals surface area contributed by atoms with Crippen LogP contribution in [-0.2, 0) is 21.2 Å². The van der Waals surface area contributed by atoms with Crippen LogP contribution in [0.2, 0.25) is 10.0 Å². The molecule has 9 nitrogen and oxygen atoms in total. The number of nitrogens with one attached hydrogen (secondary N) is 1. The van der Waals surface area contributed by atoms with Gasteiger partial charge in [-0.05, 0) is 53.9 Å². The van der Waals surface area contributed by atoms with E-state index in [0.717, 1.165) is 11.8 Å². The number of pyridine rings is 1. The van der Waals surface area contributed by atoms with E-state index < -0.39 is 22.2 Å². The number of aliphatic hydroxyl groups excluding tert-OH is 1. The van der Waals surface area contributed by atoms with Crippen LogP contribution in [0.15, 0.2) is 65.7 Å². The van der Waals surface area contributed by atoms with Crippen molar-refractivity contribution < 1.29 is 18.3 Å². The van der Waals surface area contributed by atoms with Crippen molar-refractivity contribution in [2.24, 2.45) is 0 Å². The summed E-state index contributed by atoms with van der Waals surface area (Å²) < 4.78 is 28.4. The number of nitrogens with zero attached hydrogens (tertiary/aromatic N) is 4. The number of sulfonamides is 1. The summed E-state index contributed by atoms with van der Waals surface area (Å²) in [4.78, 5) is 20.8. The Kier molecular flexibility index (Phi) is 9.10. The first kappa shape index (κ1) is 28.8. The van der Waals surface area contributed by atoms with Crippen molar-refractivity contribution >= 4 is 44.8 Å². The average molecular weight is 589 g/mol. The van der Waals surface area contributed by atoms with Crippen LogP contribution in [0.1, 0.15) is 29.3 Å². The molecular weight excluding hydrogens is 561 g/mol. The Morgan fingerprint density at radius 1 is 1.23 bits per heavy atom. The number of likely N-dealkylation sites (N-methyl/N-ethyl adjacent to an activating group) is 1. The first-order valence-corrected chi connectivity index (χ1v) is 14.4. The zero-order valence-electron chi connectivity index (χ0n) is 21.1. The molecule has 0 saturated carbocycles. The van der Waals surface area contributed by atoms with E-state index in [0.29, 0.717) is 47.4 Å². The topological polar surface area (TPSA) is 127 Å². The summed E-state index contributed by atoms with van der Waals surface area (Å²) in [7, 11) is -2.26. The number of carbonyl (C=O) groups is 1. The van der Waals surface area contributed by atoms with Gasteiger partial charge in [0.25, 0.3) is 10.0 Å². The van der Waals surface area contributed by atoms with Crippen molar-refractivity contribution in [1.82, 2.24) is 14.8 Å². The molecule has 1 fully saturated rings. The van der Waals surface area contributed by atoms with Crippen LogP contribution >= 0.6 is 23.2 Å². The standard InChI is InChI=1S/C27H27Cl2N5O4S/c1-33(27(36)12-18-5-8-24(28)25(29)11-18)26(17-34-10-9-22(35)16-34)19-3-2-4-20(13-19)32-39(37,38)23-7-6-21(14-30)31-15-23/h2-8,11,13,15,22,26,32,35H,9-10,12,16-17H2,1H3. The van der Waals surface area contributed by atoms with Gasteiger partial charge in [-0.1, -0.05) is 41.4 Å². The number of hydrogen-bond donors (Lipinski definition) is 2. The van der Waals surface area contributed by atoms with Crippen LogP contribution in [0, 0.1) is 11.3 Å². The number of aliphatic hydroxyl groups is 1. The van der Waals surface area contributed by atoms with Crippen molar-refractivity contribution in [1.29, 1.82) is 5.26 Å². The predicted octanol–water partition coefficient (Wildman–Crippen LogP) is 3.87. The smallest absolute Gasteiger partial charge is 0.263 e. The minimum absolute atomic E-state index is 0.0802. The highest BCUT2D eigenvalue weighted by molar-refractivity contribution is 7.92. The number of amides is 1. The van der Waals surface area contributed by atoms with Gasteiger partial charge < -0.3 is 10.0 Å². The summed E-state index contributed by atoms with van der Waals surface area (Å²) >= 11 is 12.1. The lowest BCUT2D eigenvalue weighted by molar-refractivity contribution is -0.131. The first-order valence-electron chi connectivity index (χ1n) is 12.1. The van der Waals surface area contributed by atoms with Crippen LogP contribution in [0.3, 0.4) is 0 Å². The molecule has 2 aromatic carbocycles. The van der Waals surface area contributed by atoms with E-state index in [1.165, 1.54) is 12.1 Å². The molecule has 3 aromatic rings. The fourth-order valence-corrected chi connectivity index (χ4v) is 5.74. The van der Waals surface area contributed by atoms with E-state index in [1.807, 2.05) is 12.1 Å². The van der Waals surface area contributed by atoms with Crippen LogP contribution in [0.5, 0.6) is 0 Å². The van der Waals surface area contributed by atoms with Crippen LogP contribution < -0.4 is 4.72 Å². The molecule has 204 valence electrons. The van der Waals surface area contributed by atoms with Crippen LogP contribution in [-0.4, -0.2) is 67.0 Å². The zero-order valence-corrected chi connectivity index (χ0v) is 23.4. The fraction of sp³-hybridized carbons (Fsp3) is 0.296. The Bertz CT molecular complexity index is 1490. The number of likely N-dealkylation sites (tertiary alicyclic amines) is 1. The third kappa shape index (κ3) is 7.26. The molecule has 1 aliphatic rings. The first-order chi connectivity index (χ1) is 18.6. The van der Waals surface area contributed by atoms with Gasteiger partial charge in [0.2, 0.25) is 5.91 Å². The normalized spacial score (nSPS) is 16.4. The van der Waals surface area contributed by atoms with Gasteiger partial charge in [0.05, 0.1) is 28.6 Å². The maximum Gasteiger partial charge on any atom is 0.263 e. The van der Waals surface area contributed by atoms with Gasteiger partial charge in [0, 0.05) is 38.6 Å². The molecule has 12 heteroatoms. The largest absolute Gasteiger partial charge is 0.392 e. The van der Waals surface area contributed by atoms with Crippen molar-refractivity contribution in [3.8, 4) is 6.07 Å². The third-order valence-corrected chi connectivity index (χ3v) is 8.67. The quantitative estimate of drug-likeness (QED) is 0.389. The number of halogens is 2. The molecule has 2 unspecified atom stereocenters. The molecule has 0 bridgehead atoms. The average Bonchev–Trinajstić information content (AvgIpc) is 3.33. The third-order valence-electron chi connectivity index (χ3n) is 6.56. The molecule has 4 rings (SSSR count). The van der Waals surface area contributed by atoms with E-state index in [4.69, 9.17) is 28.5 Å². The Balaban J connectivity index is 1.58.